The number of nitrogens with one attached hydrogen (secondary N) is 1. The van der Waals surface area contributed by atoms with Gasteiger partial charge in [-0.1, -0.05) is 20.3 Å². The van der Waals surface area contributed by atoms with Crippen LogP contribution in [0.5, 0.6) is 0 Å². The third-order valence-corrected chi connectivity index (χ3v) is 4.14. The van der Waals surface area contributed by atoms with Crippen molar-refractivity contribution in [2.24, 2.45) is 10.4 Å². The van der Waals surface area contributed by atoms with Crippen LogP contribution in [0.3, 0.4) is 0 Å². The summed E-state index contributed by atoms with van der Waals surface area (Å²) in [6.07, 6.45) is 2.50. The number of urea groups is 1. The number of carbonyl (C=O) groups excluding carboxylic acids is 2. The largest absolute Gasteiger partial charge is 1.00 e. The number of rotatable bonds is 6. The van der Waals surface area contributed by atoms with Crippen molar-refractivity contribution in [2.45, 2.75) is 33.1 Å². The Morgan fingerprint density at radius 1 is 1.39 bits per heavy atom. The van der Waals surface area contributed by atoms with Crippen molar-refractivity contribution >= 4 is 29.6 Å². The molecule has 5 nitrogen and oxygen atoms in total. The fourth-order valence-electron chi connectivity index (χ4n) is 1.57. The van der Waals surface area contributed by atoms with Crippen molar-refractivity contribution in [2.75, 3.05) is 11.5 Å². The Morgan fingerprint density at radius 3 is 2.56 bits per heavy atom. The van der Waals surface area contributed by atoms with Gasteiger partial charge in [0.25, 0.3) is 0 Å². The minimum Gasteiger partial charge on any atom is -0.861 e. The van der Waals surface area contributed by atoms with Crippen LogP contribution in [0.4, 0.5) is 4.79 Å². The van der Waals surface area contributed by atoms with Gasteiger partial charge >= 0.3 is 35.6 Å². The van der Waals surface area contributed by atoms with Gasteiger partial charge < -0.3 is 5.11 Å². The van der Waals surface area contributed by atoms with E-state index < -0.39 is 23.3 Å². The maximum Gasteiger partial charge on any atom is 1.00 e. The number of amides is 3. The topological polar surface area (TPSA) is 81.6 Å². The van der Waals surface area contributed by atoms with Crippen molar-refractivity contribution in [1.29, 1.82) is 0 Å². The van der Waals surface area contributed by atoms with Gasteiger partial charge in [-0.2, -0.15) is 11.8 Å². The van der Waals surface area contributed by atoms with Crippen LogP contribution in [-0.4, -0.2) is 29.3 Å². The number of carbonyl (C=O) groups is 2. The molecule has 0 fully saturated rings. The Kier molecular flexibility index (Phi) is 8.18. The Labute approximate surface area is 133 Å². The maximum atomic E-state index is 11.8. The summed E-state index contributed by atoms with van der Waals surface area (Å²) in [6.45, 7) is 3.85. The van der Waals surface area contributed by atoms with E-state index in [1.165, 1.54) is 0 Å². The minimum atomic E-state index is -1.15. The van der Waals surface area contributed by atoms with Crippen molar-refractivity contribution in [1.82, 2.24) is 5.32 Å². The van der Waals surface area contributed by atoms with E-state index in [2.05, 4.69) is 17.2 Å². The Bertz CT molecular complexity index is 349. The first-order valence-corrected chi connectivity index (χ1v) is 6.91. The van der Waals surface area contributed by atoms with Gasteiger partial charge in [0.05, 0.1) is 5.41 Å². The van der Waals surface area contributed by atoms with Crippen LogP contribution >= 0.6 is 11.8 Å². The van der Waals surface area contributed by atoms with E-state index in [1.807, 2.05) is 0 Å². The predicted molar refractivity (Wildman–Crippen MR) is 65.9 cm³/mol. The minimum absolute atomic E-state index is 0. The first kappa shape index (κ1) is 18.0. The molecule has 0 saturated heterocycles. The molecule has 0 aromatic carbocycles. The van der Waals surface area contributed by atoms with Crippen molar-refractivity contribution in [3.8, 4) is 0 Å². The molecule has 1 aliphatic rings. The number of unbranched alkanes of at least 4 members (excludes halogenated alkanes) is 1. The normalized spacial score (nSPS) is 23.1. The van der Waals surface area contributed by atoms with Gasteiger partial charge in [-0.15, -0.1) is 0 Å². The quantitative estimate of drug-likeness (QED) is 0.447. The van der Waals surface area contributed by atoms with E-state index in [9.17, 15) is 14.7 Å². The summed E-state index contributed by atoms with van der Waals surface area (Å²) in [7, 11) is 0. The van der Waals surface area contributed by atoms with Gasteiger partial charge in [-0.3, -0.25) is 10.1 Å². The molecule has 1 N–H and O–H groups in total. The summed E-state index contributed by atoms with van der Waals surface area (Å²) in [4.78, 5) is 26.1. The first-order chi connectivity index (χ1) is 8.06. The fraction of sp³-hybridized carbons (Fsp3) is 0.727. The molecule has 7 heteroatoms. The predicted octanol–water partition coefficient (Wildman–Crippen LogP) is -2.07. The summed E-state index contributed by atoms with van der Waals surface area (Å²) in [5.74, 6) is 0.198. The average molecular weight is 280 g/mol. The third-order valence-electron chi connectivity index (χ3n) is 2.86. The van der Waals surface area contributed by atoms with Gasteiger partial charge in [-0.05, 0) is 24.5 Å². The molecular weight excluding hydrogens is 263 g/mol. The first-order valence-electron chi connectivity index (χ1n) is 5.76. The number of hydrogen-bond donors (Lipinski definition) is 1. The van der Waals surface area contributed by atoms with E-state index in [4.69, 9.17) is 0 Å². The Hall–Kier alpha value is -0.0400. The van der Waals surface area contributed by atoms with Crippen molar-refractivity contribution in [3.05, 3.63) is 0 Å². The molecule has 1 aliphatic heterocycles. The van der Waals surface area contributed by atoms with Crippen LogP contribution in [0.2, 0.25) is 0 Å². The van der Waals surface area contributed by atoms with E-state index in [0.717, 1.165) is 18.6 Å². The molecule has 96 valence electrons. The standard InChI is InChI=1S/C11H18N2O3S.Na/c1-3-5-6-17-7-11(4-2)8(14)12-10(16)13-9(11)15;/h3-7H2,1-2H3,(H2,12,13,14,15,16);/q;+1/p-1. The molecule has 1 atom stereocenters. The van der Waals surface area contributed by atoms with Crippen molar-refractivity contribution < 1.29 is 44.3 Å². The molecule has 0 aromatic heterocycles. The van der Waals surface area contributed by atoms with Crippen molar-refractivity contribution in [3.63, 3.8) is 0 Å². The van der Waals surface area contributed by atoms with Crippen LogP contribution in [0.15, 0.2) is 4.99 Å². The van der Waals surface area contributed by atoms with Gasteiger partial charge in [0.2, 0.25) is 5.91 Å². The van der Waals surface area contributed by atoms with Gasteiger partial charge in [-0.25, -0.2) is 9.79 Å². The molecule has 0 aliphatic carbocycles. The van der Waals surface area contributed by atoms with Gasteiger partial charge in [0.1, 0.15) is 0 Å². The summed E-state index contributed by atoms with van der Waals surface area (Å²) in [6, 6.07) is -0.845. The van der Waals surface area contributed by atoms with Crippen LogP contribution in [0.1, 0.15) is 33.1 Å². The molecule has 0 radical (unpaired) electrons. The molecular formula is C11H17N2NaO3S. The SMILES string of the molecule is CCCCSCC1(CC)C(=O)NC(=O)N=C1[O-].[Na+]. The summed E-state index contributed by atoms with van der Waals surface area (Å²) < 4.78 is 0. The average Bonchev–Trinajstić information content (AvgIpc) is 2.27. The smallest absolute Gasteiger partial charge is 0.861 e. The molecule has 1 rings (SSSR count). The molecule has 3 amide bonds. The number of nitrogens with zero attached hydrogens (tertiary/aromatic N) is 1. The molecule has 1 unspecified atom stereocenters. The zero-order chi connectivity index (χ0) is 12.9. The summed E-state index contributed by atoms with van der Waals surface area (Å²) in [5, 5.41) is 13.9. The van der Waals surface area contributed by atoms with Crippen LogP contribution in [-0.2, 0) is 4.79 Å². The zero-order valence-corrected chi connectivity index (χ0v) is 13.9. The van der Waals surface area contributed by atoms with Gasteiger partial charge in [0.15, 0.2) is 0 Å². The van der Waals surface area contributed by atoms with Crippen LogP contribution in [0, 0.1) is 5.41 Å². The number of thioether (sulfide) groups is 1. The number of hydrogen-bond acceptors (Lipinski definition) is 4. The van der Waals surface area contributed by atoms with E-state index >= 15 is 0 Å². The molecule has 0 saturated carbocycles. The number of imide groups is 1. The Balaban J connectivity index is 0.00000289. The monoisotopic (exact) mass is 280 g/mol. The second-order valence-electron chi connectivity index (χ2n) is 4.02. The maximum absolute atomic E-state index is 11.8. The second-order valence-corrected chi connectivity index (χ2v) is 5.12. The molecule has 0 aromatic rings. The Morgan fingerprint density at radius 2 is 2.06 bits per heavy atom. The van der Waals surface area contributed by atoms with Crippen LogP contribution in [0.25, 0.3) is 0 Å². The zero-order valence-electron chi connectivity index (χ0n) is 11.1. The molecule has 0 spiro atoms. The van der Waals surface area contributed by atoms with Crippen LogP contribution < -0.4 is 40.0 Å². The molecule has 0 bridgehead atoms. The summed E-state index contributed by atoms with van der Waals surface area (Å²) >= 11 is 1.56. The third kappa shape index (κ3) is 3.98. The molecule has 1 heterocycles. The van der Waals surface area contributed by atoms with E-state index in [-0.39, 0.29) is 29.6 Å². The fourth-order valence-corrected chi connectivity index (χ4v) is 3.02. The van der Waals surface area contributed by atoms with Gasteiger partial charge in [0, 0.05) is 5.75 Å². The van der Waals surface area contributed by atoms with E-state index in [0.29, 0.717) is 12.2 Å². The number of aliphatic imine (C=N–C) groups is 1. The molecule has 18 heavy (non-hydrogen) atoms. The summed E-state index contributed by atoms with van der Waals surface area (Å²) in [5.41, 5.74) is -1.15. The second kappa shape index (κ2) is 8.19. The van der Waals surface area contributed by atoms with E-state index in [1.54, 1.807) is 18.7 Å².